The lowest BCUT2D eigenvalue weighted by Gasteiger charge is -2.38. The van der Waals surface area contributed by atoms with Crippen molar-refractivity contribution in [3.8, 4) is 0 Å². The van der Waals surface area contributed by atoms with Gasteiger partial charge in [-0.3, -0.25) is 9.48 Å². The summed E-state index contributed by atoms with van der Waals surface area (Å²) in [5.41, 5.74) is 0.860. The van der Waals surface area contributed by atoms with E-state index in [4.69, 9.17) is 9.72 Å². The summed E-state index contributed by atoms with van der Waals surface area (Å²) in [6.07, 6.45) is 8.02. The van der Waals surface area contributed by atoms with Crippen LogP contribution < -0.4 is 16.0 Å². The molecule has 4 rings (SSSR count). The van der Waals surface area contributed by atoms with E-state index in [9.17, 15) is 9.59 Å². The predicted octanol–water partition coefficient (Wildman–Crippen LogP) is 3.40. The molecular formula is C25H35N9O3. The third-order valence-corrected chi connectivity index (χ3v) is 5.99. The van der Waals surface area contributed by atoms with Crippen LogP contribution in [0.15, 0.2) is 37.3 Å². The van der Waals surface area contributed by atoms with Crippen molar-refractivity contribution in [1.29, 1.82) is 0 Å². The van der Waals surface area contributed by atoms with Crippen molar-refractivity contribution < 1.29 is 14.3 Å². The van der Waals surface area contributed by atoms with Crippen molar-refractivity contribution >= 4 is 40.5 Å². The van der Waals surface area contributed by atoms with Gasteiger partial charge in [-0.2, -0.15) is 15.1 Å². The van der Waals surface area contributed by atoms with E-state index in [1.165, 1.54) is 6.08 Å². The van der Waals surface area contributed by atoms with Crippen LogP contribution in [0.3, 0.4) is 0 Å². The monoisotopic (exact) mass is 509 g/mol. The highest BCUT2D eigenvalue weighted by Crippen LogP contribution is 2.26. The van der Waals surface area contributed by atoms with Gasteiger partial charge in [0.15, 0.2) is 0 Å². The number of hydrogen-bond donors (Lipinski definition) is 4. The number of likely N-dealkylation sites (tertiary alicyclic amines) is 1. The van der Waals surface area contributed by atoms with Crippen LogP contribution in [0.1, 0.15) is 40.5 Å². The summed E-state index contributed by atoms with van der Waals surface area (Å²) in [5, 5.41) is 14.6. The molecule has 198 valence electrons. The fourth-order valence-corrected chi connectivity index (χ4v) is 4.22. The van der Waals surface area contributed by atoms with Crippen LogP contribution in [0, 0.1) is 0 Å². The molecule has 37 heavy (non-hydrogen) atoms. The Kier molecular flexibility index (Phi) is 7.65. The van der Waals surface area contributed by atoms with Gasteiger partial charge in [0, 0.05) is 37.6 Å². The molecule has 0 saturated carbocycles. The molecule has 12 heteroatoms. The number of alkyl carbamates (subject to hydrolysis) is 1. The van der Waals surface area contributed by atoms with Crippen molar-refractivity contribution in [2.24, 2.45) is 0 Å². The Balaban J connectivity index is 1.40. The number of aromatic amines is 1. The van der Waals surface area contributed by atoms with E-state index in [0.717, 1.165) is 18.2 Å². The number of aromatic nitrogens is 5. The number of fused-ring (bicyclic) bond motifs is 1. The zero-order chi connectivity index (χ0) is 26.6. The molecular weight excluding hydrogens is 474 g/mol. The van der Waals surface area contributed by atoms with E-state index in [1.54, 1.807) is 10.9 Å². The van der Waals surface area contributed by atoms with E-state index in [-0.39, 0.29) is 18.0 Å². The number of carbonyl (C=O) groups excluding carboxylic acids is 2. The second-order valence-electron chi connectivity index (χ2n) is 10.1. The van der Waals surface area contributed by atoms with Crippen molar-refractivity contribution in [3.05, 3.63) is 37.3 Å². The largest absolute Gasteiger partial charge is 0.444 e. The highest BCUT2D eigenvalue weighted by Gasteiger charge is 2.28. The first-order valence-electron chi connectivity index (χ1n) is 12.4. The quantitative estimate of drug-likeness (QED) is 0.339. The number of carbonyl (C=O) groups is 2. The highest BCUT2D eigenvalue weighted by atomic mass is 16.6. The molecule has 2 amide bonds. The van der Waals surface area contributed by atoms with Gasteiger partial charge >= 0.3 is 6.09 Å². The average Bonchev–Trinajstić information content (AvgIpc) is 3.48. The molecule has 1 saturated heterocycles. The van der Waals surface area contributed by atoms with E-state index >= 15 is 0 Å². The van der Waals surface area contributed by atoms with Crippen LogP contribution in [0.5, 0.6) is 0 Å². The lowest BCUT2D eigenvalue weighted by atomic mass is 9.99. The van der Waals surface area contributed by atoms with E-state index in [2.05, 4.69) is 44.5 Å². The van der Waals surface area contributed by atoms with E-state index in [1.807, 2.05) is 44.1 Å². The number of nitrogens with one attached hydrogen (secondary N) is 4. The maximum Gasteiger partial charge on any atom is 0.407 e. The molecule has 4 N–H and O–H groups in total. The van der Waals surface area contributed by atoms with Crippen LogP contribution in [-0.2, 0) is 16.1 Å². The molecule has 1 fully saturated rings. The summed E-state index contributed by atoms with van der Waals surface area (Å²) in [6.45, 7) is 12.6. The zero-order valence-electron chi connectivity index (χ0n) is 21.7. The smallest absolute Gasteiger partial charge is 0.407 e. The third kappa shape index (κ3) is 6.78. The number of H-pyrrole nitrogens is 1. The topological polar surface area (TPSA) is 142 Å². The standard InChI is InChI=1S/C25H35N9O3/c1-6-20(35)34-15-17(8-7-16(34)2)29-22-19-9-10-26-21(19)31-23(32-22)30-18-13-28-33(14-18)12-11-27-24(36)37-25(3,4)5/h6,9-10,13-14,16-17H,1,7-8,11-12,15H2,2-5H3,(H,27,36)(H3,26,29,30,31,32)/t16-,17+/m0/s1. The summed E-state index contributed by atoms with van der Waals surface area (Å²) in [6, 6.07) is 2.16. The molecule has 1 aliphatic heterocycles. The van der Waals surface area contributed by atoms with Gasteiger partial charge in [0.2, 0.25) is 11.9 Å². The number of amides is 2. The first-order valence-corrected chi connectivity index (χ1v) is 12.4. The number of hydrogen-bond acceptors (Lipinski definition) is 8. The number of nitrogens with zero attached hydrogens (tertiary/aromatic N) is 5. The molecule has 0 unspecified atom stereocenters. The second-order valence-corrected chi connectivity index (χ2v) is 10.1. The molecule has 3 aromatic heterocycles. The van der Waals surface area contributed by atoms with Crippen LogP contribution in [0.25, 0.3) is 11.0 Å². The van der Waals surface area contributed by atoms with Crippen molar-refractivity contribution in [1.82, 2.24) is 34.9 Å². The molecule has 0 radical (unpaired) electrons. The highest BCUT2D eigenvalue weighted by molar-refractivity contribution is 5.89. The van der Waals surface area contributed by atoms with Crippen LogP contribution in [0.4, 0.5) is 22.2 Å². The van der Waals surface area contributed by atoms with Crippen LogP contribution in [0.2, 0.25) is 0 Å². The van der Waals surface area contributed by atoms with Crippen molar-refractivity contribution in [3.63, 3.8) is 0 Å². The minimum atomic E-state index is -0.543. The number of anilines is 3. The third-order valence-electron chi connectivity index (χ3n) is 5.99. The maximum atomic E-state index is 12.3. The zero-order valence-corrected chi connectivity index (χ0v) is 21.7. The first-order chi connectivity index (χ1) is 17.6. The summed E-state index contributed by atoms with van der Waals surface area (Å²) in [5.74, 6) is 1.04. The lowest BCUT2D eigenvalue weighted by molar-refractivity contribution is -0.129. The molecule has 0 spiro atoms. The van der Waals surface area contributed by atoms with Crippen LogP contribution >= 0.6 is 0 Å². The normalized spacial score (nSPS) is 17.9. The Bertz CT molecular complexity index is 1260. The van der Waals surface area contributed by atoms with Crippen molar-refractivity contribution in [2.75, 3.05) is 23.7 Å². The Hall–Kier alpha value is -4.09. The minimum Gasteiger partial charge on any atom is -0.444 e. The van der Waals surface area contributed by atoms with Gasteiger partial charge in [-0.1, -0.05) is 6.58 Å². The average molecular weight is 510 g/mol. The minimum absolute atomic E-state index is 0.0566. The Morgan fingerprint density at radius 2 is 2.11 bits per heavy atom. The Labute approximate surface area is 215 Å². The molecule has 0 aliphatic carbocycles. The fraction of sp³-hybridized carbons (Fsp3) is 0.480. The van der Waals surface area contributed by atoms with Gasteiger partial charge in [0.1, 0.15) is 17.1 Å². The predicted molar refractivity (Wildman–Crippen MR) is 142 cm³/mol. The maximum absolute atomic E-state index is 12.3. The summed E-state index contributed by atoms with van der Waals surface area (Å²) < 4.78 is 6.95. The van der Waals surface area contributed by atoms with Crippen molar-refractivity contribution in [2.45, 2.75) is 64.8 Å². The number of rotatable bonds is 8. The van der Waals surface area contributed by atoms with Crippen LogP contribution in [-0.4, -0.2) is 72.4 Å². The SMILES string of the molecule is C=CC(=O)N1C[C@H](Nc2nc(Nc3cnn(CCNC(=O)OC(C)(C)C)c3)nc3[nH]ccc23)CC[C@@H]1C. The molecule has 1 aliphatic rings. The van der Waals surface area contributed by atoms with Gasteiger partial charge in [0.25, 0.3) is 0 Å². The summed E-state index contributed by atoms with van der Waals surface area (Å²) in [7, 11) is 0. The molecule has 2 atom stereocenters. The number of ether oxygens (including phenoxy) is 1. The van der Waals surface area contributed by atoms with Gasteiger partial charge in [-0.15, -0.1) is 0 Å². The van der Waals surface area contributed by atoms with Gasteiger partial charge in [-0.25, -0.2) is 4.79 Å². The van der Waals surface area contributed by atoms with Gasteiger partial charge < -0.3 is 30.6 Å². The molecule has 0 aromatic carbocycles. The molecule has 0 bridgehead atoms. The summed E-state index contributed by atoms with van der Waals surface area (Å²) in [4.78, 5) is 38.4. The van der Waals surface area contributed by atoms with Gasteiger partial charge in [0.05, 0.1) is 23.8 Å². The number of piperidine rings is 1. The summed E-state index contributed by atoms with van der Waals surface area (Å²) >= 11 is 0. The fourth-order valence-electron chi connectivity index (χ4n) is 4.22. The van der Waals surface area contributed by atoms with E-state index < -0.39 is 11.7 Å². The molecule has 4 heterocycles. The molecule has 12 nitrogen and oxygen atoms in total. The Morgan fingerprint density at radius 1 is 1.30 bits per heavy atom. The first kappa shape index (κ1) is 26.0. The Morgan fingerprint density at radius 3 is 2.86 bits per heavy atom. The van der Waals surface area contributed by atoms with Gasteiger partial charge in [-0.05, 0) is 52.7 Å². The van der Waals surface area contributed by atoms with E-state index in [0.29, 0.717) is 42.7 Å². The molecule has 3 aromatic rings. The second kappa shape index (κ2) is 10.9. The lowest BCUT2D eigenvalue weighted by Crippen LogP contribution is -2.49.